The predicted octanol–water partition coefficient (Wildman–Crippen LogP) is 3.55. The number of piperazine rings is 1. The minimum absolute atomic E-state index is 0.00201. The molecule has 4 N–H and O–H groups in total. The van der Waals surface area contributed by atoms with Crippen LogP contribution in [0.1, 0.15) is 35.7 Å². The molecule has 10 heteroatoms. The van der Waals surface area contributed by atoms with Crippen LogP contribution >= 0.6 is 0 Å². The smallest absolute Gasteiger partial charge is 0.263 e. The van der Waals surface area contributed by atoms with Crippen LogP contribution in [0.5, 0.6) is 5.88 Å². The zero-order valence-corrected chi connectivity index (χ0v) is 21.9. The molecule has 2 bridgehead atoms. The third kappa shape index (κ3) is 4.45. The van der Waals surface area contributed by atoms with E-state index in [1.165, 1.54) is 19.0 Å². The Labute approximate surface area is 221 Å². The number of carbonyl (C=O) groups is 1. The lowest BCUT2D eigenvalue weighted by Crippen LogP contribution is -2.52. The number of carbonyl (C=O) groups excluding carboxylic acids is 1. The van der Waals surface area contributed by atoms with Crippen LogP contribution in [0.25, 0.3) is 0 Å². The Morgan fingerprint density at radius 3 is 2.58 bits per heavy atom. The maximum atomic E-state index is 13.3. The van der Waals surface area contributed by atoms with Crippen molar-refractivity contribution < 1.29 is 9.53 Å². The average Bonchev–Trinajstić information content (AvgIpc) is 3.10. The molecule has 2 aromatic heterocycles. The third-order valence-electron chi connectivity index (χ3n) is 7.98. The highest BCUT2D eigenvalue weighted by Crippen LogP contribution is 2.36. The molecule has 0 aliphatic carbocycles. The number of rotatable bonds is 5. The number of nitrogens with zero attached hydrogens (tertiary/aromatic N) is 3. The van der Waals surface area contributed by atoms with Gasteiger partial charge in [-0.3, -0.25) is 14.5 Å². The normalized spacial score (nSPS) is 22.3. The van der Waals surface area contributed by atoms with Gasteiger partial charge in [0.2, 0.25) is 5.88 Å². The molecule has 5 heterocycles. The van der Waals surface area contributed by atoms with E-state index in [4.69, 9.17) is 4.74 Å². The van der Waals surface area contributed by atoms with Crippen LogP contribution < -0.4 is 31.1 Å². The Balaban J connectivity index is 1.19. The van der Waals surface area contributed by atoms with Crippen molar-refractivity contribution in [3.05, 3.63) is 64.2 Å². The zero-order chi connectivity index (χ0) is 26.4. The summed E-state index contributed by atoms with van der Waals surface area (Å²) in [6.07, 6.45) is 5.70. The second kappa shape index (κ2) is 9.68. The number of pyridine rings is 2. The van der Waals surface area contributed by atoms with E-state index in [0.717, 1.165) is 30.0 Å². The molecule has 38 heavy (non-hydrogen) atoms. The summed E-state index contributed by atoms with van der Waals surface area (Å²) in [5.41, 5.74) is 4.07. The first kappa shape index (κ1) is 24.3. The minimum atomic E-state index is -0.487. The predicted molar refractivity (Wildman–Crippen MR) is 149 cm³/mol. The van der Waals surface area contributed by atoms with E-state index in [1.54, 1.807) is 12.3 Å². The number of amides is 1. The summed E-state index contributed by atoms with van der Waals surface area (Å²) in [5.74, 6) is 0.0574. The zero-order valence-electron chi connectivity index (χ0n) is 21.9. The molecular formula is C28H33N7O3. The van der Waals surface area contributed by atoms with Gasteiger partial charge in [-0.1, -0.05) is 0 Å². The molecule has 0 radical (unpaired) electrons. The molecule has 3 aliphatic rings. The molecule has 0 saturated carbocycles. The maximum absolute atomic E-state index is 13.3. The molecule has 1 aromatic carbocycles. The van der Waals surface area contributed by atoms with Crippen molar-refractivity contribution in [1.29, 1.82) is 0 Å². The first-order valence-electron chi connectivity index (χ1n) is 13.1. The van der Waals surface area contributed by atoms with Crippen molar-refractivity contribution >= 4 is 34.3 Å². The van der Waals surface area contributed by atoms with Gasteiger partial charge in [0.1, 0.15) is 17.4 Å². The largest absolute Gasteiger partial charge is 0.471 e. The van der Waals surface area contributed by atoms with Gasteiger partial charge in [-0.05, 0) is 64.1 Å². The van der Waals surface area contributed by atoms with E-state index in [9.17, 15) is 9.59 Å². The summed E-state index contributed by atoms with van der Waals surface area (Å²) in [4.78, 5) is 38.0. The molecule has 2 saturated heterocycles. The Morgan fingerprint density at radius 1 is 1.11 bits per heavy atom. The number of aromatic nitrogens is 2. The number of hydrogen-bond donors (Lipinski definition) is 4. The number of benzene rings is 1. The van der Waals surface area contributed by atoms with Crippen molar-refractivity contribution in [2.75, 3.05) is 47.5 Å². The van der Waals surface area contributed by atoms with E-state index in [-0.39, 0.29) is 11.7 Å². The summed E-state index contributed by atoms with van der Waals surface area (Å²) in [5, 5.41) is 9.46. The highest BCUT2D eigenvalue weighted by Gasteiger charge is 2.37. The van der Waals surface area contributed by atoms with Crippen LogP contribution in [0.3, 0.4) is 0 Å². The Hall–Kier alpha value is -4.05. The van der Waals surface area contributed by atoms with Crippen LogP contribution in [0.15, 0.2) is 47.5 Å². The topological polar surface area (TPSA) is 115 Å². The summed E-state index contributed by atoms with van der Waals surface area (Å²) in [6.45, 7) is 6.63. The molecule has 3 unspecified atom stereocenters. The Kier molecular flexibility index (Phi) is 6.19. The molecule has 3 aliphatic heterocycles. The first-order chi connectivity index (χ1) is 18.4. The summed E-state index contributed by atoms with van der Waals surface area (Å²) >= 11 is 0. The summed E-state index contributed by atoms with van der Waals surface area (Å²) < 4.78 is 5.80. The van der Waals surface area contributed by atoms with Crippen LogP contribution in [-0.2, 0) is 0 Å². The minimum Gasteiger partial charge on any atom is -0.471 e. The van der Waals surface area contributed by atoms with Gasteiger partial charge in [-0.25, -0.2) is 4.98 Å². The molecule has 3 aromatic rings. The van der Waals surface area contributed by atoms with Crippen molar-refractivity contribution in [2.45, 2.75) is 44.9 Å². The van der Waals surface area contributed by atoms with Crippen molar-refractivity contribution in [2.24, 2.45) is 0 Å². The van der Waals surface area contributed by atoms with Crippen molar-refractivity contribution in [3.8, 4) is 5.88 Å². The second-order valence-corrected chi connectivity index (χ2v) is 10.5. The molecule has 0 spiro atoms. The standard InChI is InChI=1S/C28H33N7O3/c1-16-12-30-25-17(2)23(13-31-28(25)38-16)33-22-10-11-29-26(36)24(22)27(37)32-18-4-6-19(7-5-18)35-14-20-8-9-21(15-35)34(20)3/h4-7,10-11,13,16,20-21,30H,8-9,12,14-15H2,1-3H3,(H,32,37)(H2,29,33,36). The van der Waals surface area contributed by atoms with Crippen LogP contribution in [0, 0.1) is 6.92 Å². The van der Waals surface area contributed by atoms with E-state index < -0.39 is 11.5 Å². The van der Waals surface area contributed by atoms with Gasteiger partial charge in [-0.2, -0.15) is 0 Å². The maximum Gasteiger partial charge on any atom is 0.263 e. The summed E-state index contributed by atoms with van der Waals surface area (Å²) in [6, 6.07) is 10.7. The fourth-order valence-corrected chi connectivity index (χ4v) is 5.71. The highest BCUT2D eigenvalue weighted by atomic mass is 16.5. The monoisotopic (exact) mass is 515 g/mol. The van der Waals surface area contributed by atoms with Gasteiger partial charge in [0.15, 0.2) is 0 Å². The fourth-order valence-electron chi connectivity index (χ4n) is 5.71. The van der Waals surface area contributed by atoms with Crippen LogP contribution in [0.4, 0.5) is 28.4 Å². The van der Waals surface area contributed by atoms with Gasteiger partial charge < -0.3 is 30.6 Å². The quantitative estimate of drug-likeness (QED) is 0.408. The van der Waals surface area contributed by atoms with E-state index in [2.05, 4.69) is 42.8 Å². The Morgan fingerprint density at radius 2 is 1.84 bits per heavy atom. The fraction of sp³-hybridized carbons (Fsp3) is 0.393. The lowest BCUT2D eigenvalue weighted by Gasteiger charge is -2.40. The van der Waals surface area contributed by atoms with Gasteiger partial charge >= 0.3 is 0 Å². The molecule has 198 valence electrons. The molecule has 10 nitrogen and oxygen atoms in total. The number of fused-ring (bicyclic) bond motifs is 3. The highest BCUT2D eigenvalue weighted by molar-refractivity contribution is 6.08. The molecule has 1 amide bonds. The SMILES string of the molecule is Cc1c(Nc2cc[nH]c(=O)c2C(=O)Nc2ccc(N3CC4CCC(C3)N4C)cc2)cnc2c1NCC(C)O2. The lowest BCUT2D eigenvalue weighted by atomic mass is 10.1. The van der Waals surface area contributed by atoms with Gasteiger partial charge in [0.25, 0.3) is 11.5 Å². The molecule has 6 rings (SSSR count). The lowest BCUT2D eigenvalue weighted by molar-refractivity contribution is 0.102. The van der Waals surface area contributed by atoms with E-state index in [1.807, 2.05) is 38.1 Å². The number of hydrogen-bond acceptors (Lipinski definition) is 8. The molecule has 3 atom stereocenters. The first-order valence-corrected chi connectivity index (χ1v) is 13.1. The molecular weight excluding hydrogens is 482 g/mol. The number of aromatic amines is 1. The van der Waals surface area contributed by atoms with Crippen LogP contribution in [-0.4, -0.2) is 65.6 Å². The average molecular weight is 516 g/mol. The summed E-state index contributed by atoms with van der Waals surface area (Å²) in [7, 11) is 2.22. The molecule has 2 fully saturated rings. The Bertz CT molecular complexity index is 1410. The van der Waals surface area contributed by atoms with E-state index >= 15 is 0 Å². The number of anilines is 5. The number of nitrogens with one attached hydrogen (secondary N) is 4. The van der Waals surface area contributed by atoms with E-state index in [0.29, 0.717) is 41.6 Å². The van der Waals surface area contributed by atoms with Crippen molar-refractivity contribution in [3.63, 3.8) is 0 Å². The number of likely N-dealkylation sites (N-methyl/N-ethyl adjacent to an activating group) is 1. The van der Waals surface area contributed by atoms with Gasteiger partial charge in [0.05, 0.1) is 24.1 Å². The third-order valence-corrected chi connectivity index (χ3v) is 7.98. The number of H-pyrrole nitrogens is 1. The second-order valence-electron chi connectivity index (χ2n) is 10.5. The van der Waals surface area contributed by atoms with Crippen LogP contribution in [0.2, 0.25) is 0 Å². The van der Waals surface area contributed by atoms with Gasteiger partial charge in [-0.15, -0.1) is 0 Å². The number of ether oxygens (including phenoxy) is 1. The van der Waals surface area contributed by atoms with Crippen molar-refractivity contribution in [1.82, 2.24) is 14.9 Å². The van der Waals surface area contributed by atoms with Gasteiger partial charge in [0, 0.05) is 48.3 Å².